The number of sulfonamides is 1. The monoisotopic (exact) mass is 298 g/mol. The number of hydrogen-bond acceptors (Lipinski definition) is 4. The minimum atomic E-state index is -3.31. The van der Waals surface area contributed by atoms with E-state index in [1.807, 2.05) is 0 Å². The molecule has 0 spiro atoms. The summed E-state index contributed by atoms with van der Waals surface area (Å²) in [5.74, 6) is -0.161. The average Bonchev–Trinajstić information content (AvgIpc) is 2.85. The van der Waals surface area contributed by atoms with Crippen molar-refractivity contribution in [3.63, 3.8) is 0 Å². The maximum absolute atomic E-state index is 11.9. The van der Waals surface area contributed by atoms with Gasteiger partial charge >= 0.3 is 0 Å². The van der Waals surface area contributed by atoms with Crippen LogP contribution in [0.15, 0.2) is 18.2 Å². The van der Waals surface area contributed by atoms with Crippen LogP contribution in [0.25, 0.3) is 0 Å². The maximum Gasteiger partial charge on any atom is 0.253 e. The Bertz CT molecular complexity index is 607. The highest BCUT2D eigenvalue weighted by atomic mass is 32.2. The lowest BCUT2D eigenvalue weighted by Crippen LogP contribution is -2.26. The van der Waals surface area contributed by atoms with E-state index in [1.165, 1.54) is 0 Å². The summed E-state index contributed by atoms with van der Waals surface area (Å²) in [4.78, 5) is 11.9. The average molecular weight is 298 g/mol. The highest BCUT2D eigenvalue weighted by Gasteiger charge is 2.23. The normalized spacial score (nSPS) is 18.8. The van der Waals surface area contributed by atoms with E-state index in [0.29, 0.717) is 18.0 Å². The van der Waals surface area contributed by atoms with E-state index in [4.69, 9.17) is 4.74 Å². The molecular formula is C13H18N2O4S. The zero-order valence-corrected chi connectivity index (χ0v) is 12.3. The molecule has 1 atom stereocenters. The summed E-state index contributed by atoms with van der Waals surface area (Å²) >= 11 is 0. The van der Waals surface area contributed by atoms with Gasteiger partial charge in [0.15, 0.2) is 0 Å². The summed E-state index contributed by atoms with van der Waals surface area (Å²) in [5, 5.41) is 2.77. The first-order valence-electron chi connectivity index (χ1n) is 6.36. The third-order valence-electron chi connectivity index (χ3n) is 3.01. The van der Waals surface area contributed by atoms with Crippen LogP contribution in [0.4, 0.5) is 11.4 Å². The van der Waals surface area contributed by atoms with E-state index in [1.54, 1.807) is 25.1 Å². The van der Waals surface area contributed by atoms with Crippen LogP contribution in [0.1, 0.15) is 18.4 Å². The fraction of sp³-hybridized carbons (Fsp3) is 0.462. The molecule has 110 valence electrons. The third-order valence-corrected chi connectivity index (χ3v) is 3.60. The van der Waals surface area contributed by atoms with Crippen LogP contribution in [0.3, 0.4) is 0 Å². The molecule has 1 saturated heterocycles. The molecule has 6 nitrogen and oxygen atoms in total. The van der Waals surface area contributed by atoms with Gasteiger partial charge in [-0.25, -0.2) is 8.42 Å². The first-order valence-corrected chi connectivity index (χ1v) is 8.25. The minimum absolute atomic E-state index is 0.161. The Morgan fingerprint density at radius 2 is 2.15 bits per heavy atom. The van der Waals surface area contributed by atoms with Crippen molar-refractivity contribution in [3.8, 4) is 0 Å². The van der Waals surface area contributed by atoms with E-state index in [2.05, 4.69) is 10.0 Å². The molecule has 0 aliphatic carbocycles. The van der Waals surface area contributed by atoms with Crippen molar-refractivity contribution < 1.29 is 17.9 Å². The summed E-state index contributed by atoms with van der Waals surface area (Å²) in [7, 11) is -3.31. The number of amides is 1. The molecule has 0 radical (unpaired) electrons. The lowest BCUT2D eigenvalue weighted by molar-refractivity contribution is -0.124. The number of carbonyl (C=O) groups is 1. The maximum atomic E-state index is 11.9. The van der Waals surface area contributed by atoms with Gasteiger partial charge in [0, 0.05) is 12.3 Å². The SMILES string of the molecule is Cc1cc(NC(=O)[C@@H]2CCCO2)ccc1NS(C)(=O)=O. The number of carbonyl (C=O) groups excluding carboxylic acids is 1. The van der Waals surface area contributed by atoms with Crippen molar-refractivity contribution in [3.05, 3.63) is 23.8 Å². The van der Waals surface area contributed by atoms with Gasteiger partial charge in [0.05, 0.1) is 11.9 Å². The van der Waals surface area contributed by atoms with Gasteiger partial charge in [0.2, 0.25) is 10.0 Å². The standard InChI is InChI=1S/C13H18N2O4S/c1-9-8-10(5-6-11(9)15-20(2,17)18)14-13(16)12-4-3-7-19-12/h5-6,8,12,15H,3-4,7H2,1-2H3,(H,14,16)/t12-/m0/s1. The van der Waals surface area contributed by atoms with E-state index in [9.17, 15) is 13.2 Å². The van der Waals surface area contributed by atoms with E-state index >= 15 is 0 Å². The molecule has 0 unspecified atom stereocenters. The zero-order chi connectivity index (χ0) is 14.8. The van der Waals surface area contributed by atoms with Gasteiger partial charge in [-0.3, -0.25) is 9.52 Å². The highest BCUT2D eigenvalue weighted by Crippen LogP contribution is 2.21. The second-order valence-corrected chi connectivity index (χ2v) is 6.64. The molecule has 1 amide bonds. The minimum Gasteiger partial charge on any atom is -0.368 e. The highest BCUT2D eigenvalue weighted by molar-refractivity contribution is 7.92. The summed E-state index contributed by atoms with van der Waals surface area (Å²) in [6.45, 7) is 2.39. The lowest BCUT2D eigenvalue weighted by atomic mass is 10.1. The first-order chi connectivity index (χ1) is 9.35. The van der Waals surface area contributed by atoms with Gasteiger partial charge in [0.1, 0.15) is 6.10 Å². The third kappa shape index (κ3) is 3.94. The van der Waals surface area contributed by atoms with E-state index < -0.39 is 10.0 Å². The molecular weight excluding hydrogens is 280 g/mol. The Labute approximate surface area is 118 Å². The van der Waals surface area contributed by atoms with Crippen molar-refractivity contribution >= 4 is 27.3 Å². The van der Waals surface area contributed by atoms with Gasteiger partial charge in [-0.15, -0.1) is 0 Å². The molecule has 2 N–H and O–H groups in total. The quantitative estimate of drug-likeness (QED) is 0.882. The van der Waals surface area contributed by atoms with Crippen molar-refractivity contribution in [2.75, 3.05) is 22.9 Å². The number of ether oxygens (including phenoxy) is 1. The molecule has 0 saturated carbocycles. The number of hydrogen-bond donors (Lipinski definition) is 2. The van der Waals surface area contributed by atoms with Crippen LogP contribution < -0.4 is 10.0 Å². The molecule has 1 heterocycles. The Morgan fingerprint density at radius 3 is 2.70 bits per heavy atom. The van der Waals surface area contributed by atoms with Gasteiger partial charge in [-0.2, -0.15) is 0 Å². The number of benzene rings is 1. The van der Waals surface area contributed by atoms with Crippen LogP contribution in [-0.4, -0.2) is 33.3 Å². The van der Waals surface area contributed by atoms with Gasteiger partial charge in [0.25, 0.3) is 5.91 Å². The Morgan fingerprint density at radius 1 is 1.40 bits per heavy atom. The molecule has 1 aromatic rings. The molecule has 20 heavy (non-hydrogen) atoms. The zero-order valence-electron chi connectivity index (χ0n) is 11.5. The second-order valence-electron chi connectivity index (χ2n) is 4.89. The summed E-state index contributed by atoms with van der Waals surface area (Å²) in [5.41, 5.74) is 1.87. The van der Waals surface area contributed by atoms with Crippen LogP contribution in [-0.2, 0) is 19.6 Å². The molecule has 0 aromatic heterocycles. The van der Waals surface area contributed by atoms with Crippen LogP contribution in [0.5, 0.6) is 0 Å². The number of nitrogens with one attached hydrogen (secondary N) is 2. The second kappa shape index (κ2) is 5.80. The van der Waals surface area contributed by atoms with E-state index in [0.717, 1.165) is 24.7 Å². The summed E-state index contributed by atoms with van der Waals surface area (Å²) in [6, 6.07) is 5.01. The van der Waals surface area contributed by atoms with E-state index in [-0.39, 0.29) is 12.0 Å². The number of anilines is 2. The van der Waals surface area contributed by atoms with Crippen LogP contribution in [0, 0.1) is 6.92 Å². The topological polar surface area (TPSA) is 84.5 Å². The van der Waals surface area contributed by atoms with Gasteiger partial charge in [-0.1, -0.05) is 0 Å². The molecule has 1 aromatic carbocycles. The molecule has 0 bridgehead atoms. The van der Waals surface area contributed by atoms with Crippen molar-refractivity contribution in [1.82, 2.24) is 0 Å². The predicted octanol–water partition coefficient (Wildman–Crippen LogP) is 1.48. The molecule has 1 fully saturated rings. The Kier molecular flexibility index (Phi) is 4.29. The van der Waals surface area contributed by atoms with Crippen molar-refractivity contribution in [2.45, 2.75) is 25.9 Å². The van der Waals surface area contributed by atoms with Crippen molar-refractivity contribution in [1.29, 1.82) is 0 Å². The van der Waals surface area contributed by atoms with Gasteiger partial charge < -0.3 is 10.1 Å². The lowest BCUT2D eigenvalue weighted by Gasteiger charge is -2.13. The molecule has 1 aliphatic heterocycles. The van der Waals surface area contributed by atoms with Crippen LogP contribution in [0.2, 0.25) is 0 Å². The fourth-order valence-corrected chi connectivity index (χ4v) is 2.69. The summed E-state index contributed by atoms with van der Waals surface area (Å²) < 4.78 is 30.1. The predicted molar refractivity (Wildman–Crippen MR) is 77.2 cm³/mol. The smallest absolute Gasteiger partial charge is 0.253 e. The Balaban J connectivity index is 2.07. The Hall–Kier alpha value is -1.60. The molecule has 1 aliphatic rings. The molecule has 2 rings (SSSR count). The first kappa shape index (κ1) is 14.8. The fourth-order valence-electron chi connectivity index (χ4n) is 2.06. The van der Waals surface area contributed by atoms with Crippen LogP contribution >= 0.6 is 0 Å². The number of rotatable bonds is 4. The summed E-state index contributed by atoms with van der Waals surface area (Å²) in [6.07, 6.45) is 2.34. The number of aryl methyl sites for hydroxylation is 1. The van der Waals surface area contributed by atoms with Gasteiger partial charge in [-0.05, 0) is 43.5 Å². The van der Waals surface area contributed by atoms with Crippen molar-refractivity contribution in [2.24, 2.45) is 0 Å². The molecule has 7 heteroatoms. The largest absolute Gasteiger partial charge is 0.368 e.